The zero-order chi connectivity index (χ0) is 24.0. The minimum atomic E-state index is -0.968. The molecule has 170 valence electrons. The number of hydrogen-bond donors (Lipinski definition) is 1. The molecule has 0 saturated heterocycles. The lowest BCUT2D eigenvalue weighted by Gasteiger charge is -2.30. The molecular weight excluding hydrogens is 443 g/mol. The van der Waals surface area contributed by atoms with Gasteiger partial charge in [-0.05, 0) is 50.5 Å². The molecule has 1 heterocycles. The van der Waals surface area contributed by atoms with E-state index < -0.39 is 7.12 Å². The smallest absolute Gasteiger partial charge is 0.455 e. The van der Waals surface area contributed by atoms with Crippen molar-refractivity contribution < 1.29 is 14.1 Å². The quantitative estimate of drug-likeness (QED) is 0.307. The highest BCUT2D eigenvalue weighted by Crippen LogP contribution is 2.63. The van der Waals surface area contributed by atoms with Gasteiger partial charge in [0.1, 0.15) is 11.2 Å². The fourth-order valence-corrected chi connectivity index (χ4v) is 6.72. The second-order valence-electron chi connectivity index (χ2n) is 9.70. The van der Waals surface area contributed by atoms with E-state index in [-0.39, 0.29) is 5.41 Å². The van der Waals surface area contributed by atoms with Gasteiger partial charge in [0.15, 0.2) is 0 Å². The van der Waals surface area contributed by atoms with Gasteiger partial charge in [0.2, 0.25) is 0 Å². The molecule has 3 nitrogen and oxygen atoms in total. The van der Waals surface area contributed by atoms with Gasteiger partial charge in [0.05, 0.1) is 5.41 Å². The van der Waals surface area contributed by atoms with Crippen molar-refractivity contribution in [1.82, 2.24) is 0 Å². The molecule has 1 N–H and O–H groups in total. The second kappa shape index (κ2) is 6.98. The Balaban J connectivity index is 1.53. The summed E-state index contributed by atoms with van der Waals surface area (Å²) in [5.74, 6) is 0. The predicted molar refractivity (Wildman–Crippen MR) is 145 cm³/mol. The summed E-state index contributed by atoms with van der Waals surface area (Å²) in [7, 11) is 0.535. The second-order valence-corrected chi connectivity index (χ2v) is 9.70. The van der Waals surface area contributed by atoms with Crippen LogP contribution in [0.1, 0.15) is 22.3 Å². The van der Waals surface area contributed by atoms with Crippen molar-refractivity contribution >= 4 is 34.5 Å². The zero-order valence-electron chi connectivity index (χ0n) is 19.7. The summed E-state index contributed by atoms with van der Waals surface area (Å²) >= 11 is 0. The van der Waals surface area contributed by atoms with E-state index in [0.717, 1.165) is 27.5 Å². The standard InChI is InChI=1S/C32H21BO3/c1-35-33(34)19-14-17-29-24(18-19)22-15-16-28-30(31(22)36-29)23-10-4-7-13-27(23)32(28)25-11-5-2-8-20(25)21-9-3-6-12-26(21)32/h2-18,34H,1H3. The number of fused-ring (bicyclic) bond motifs is 14. The maximum Gasteiger partial charge on any atom is 0.490 e. The third kappa shape index (κ3) is 2.27. The van der Waals surface area contributed by atoms with Crippen LogP contribution in [0.25, 0.3) is 44.2 Å². The lowest BCUT2D eigenvalue weighted by molar-refractivity contribution is 0.341. The molecule has 1 aromatic heterocycles. The Morgan fingerprint density at radius 1 is 0.667 bits per heavy atom. The fraction of sp³-hybridized carbons (Fsp3) is 0.0625. The van der Waals surface area contributed by atoms with Gasteiger partial charge in [-0.3, -0.25) is 0 Å². The summed E-state index contributed by atoms with van der Waals surface area (Å²) in [6.07, 6.45) is 0. The van der Waals surface area contributed by atoms with Gasteiger partial charge >= 0.3 is 7.12 Å². The van der Waals surface area contributed by atoms with E-state index in [4.69, 9.17) is 9.07 Å². The first-order valence-electron chi connectivity index (χ1n) is 12.2. The summed E-state index contributed by atoms with van der Waals surface area (Å²) in [5.41, 5.74) is 12.1. The van der Waals surface area contributed by atoms with Gasteiger partial charge in [-0.2, -0.15) is 0 Å². The van der Waals surface area contributed by atoms with Crippen LogP contribution in [0.5, 0.6) is 0 Å². The van der Waals surface area contributed by atoms with Crippen molar-refractivity contribution in [3.8, 4) is 22.3 Å². The lowest BCUT2D eigenvalue weighted by atomic mass is 9.70. The average molecular weight is 464 g/mol. The van der Waals surface area contributed by atoms with Crippen molar-refractivity contribution in [2.75, 3.05) is 7.11 Å². The van der Waals surface area contributed by atoms with Crippen molar-refractivity contribution in [3.05, 3.63) is 125 Å². The van der Waals surface area contributed by atoms with Crippen LogP contribution in [-0.2, 0) is 10.1 Å². The Morgan fingerprint density at radius 3 is 1.94 bits per heavy atom. The van der Waals surface area contributed by atoms with Crippen LogP contribution >= 0.6 is 0 Å². The van der Waals surface area contributed by atoms with Crippen LogP contribution < -0.4 is 5.46 Å². The molecule has 2 aliphatic rings. The maximum atomic E-state index is 10.3. The third-order valence-corrected chi connectivity index (χ3v) is 8.13. The van der Waals surface area contributed by atoms with Crippen molar-refractivity contribution in [3.63, 3.8) is 0 Å². The minimum Gasteiger partial charge on any atom is -0.455 e. The molecule has 36 heavy (non-hydrogen) atoms. The first kappa shape index (κ1) is 20.1. The van der Waals surface area contributed by atoms with Crippen LogP contribution in [0.15, 0.2) is 108 Å². The monoisotopic (exact) mass is 464 g/mol. The highest BCUT2D eigenvalue weighted by atomic mass is 16.5. The van der Waals surface area contributed by atoms with E-state index in [2.05, 4.69) is 84.9 Å². The van der Waals surface area contributed by atoms with Gasteiger partial charge in [0, 0.05) is 23.4 Å². The molecule has 0 saturated carbocycles. The normalized spacial score (nSPS) is 14.2. The summed E-state index contributed by atoms with van der Waals surface area (Å²) in [6, 6.07) is 36.6. The molecule has 2 aliphatic carbocycles. The molecule has 8 rings (SSSR count). The topological polar surface area (TPSA) is 42.6 Å². The van der Waals surface area contributed by atoms with Crippen molar-refractivity contribution in [2.24, 2.45) is 0 Å². The molecule has 0 atom stereocenters. The van der Waals surface area contributed by atoms with E-state index >= 15 is 0 Å². The molecule has 0 bridgehead atoms. The molecule has 4 heteroatoms. The number of benzene rings is 5. The number of rotatable bonds is 2. The van der Waals surface area contributed by atoms with E-state index in [1.54, 1.807) is 0 Å². The first-order chi connectivity index (χ1) is 17.7. The van der Waals surface area contributed by atoms with Gasteiger partial charge in [-0.1, -0.05) is 97.1 Å². The van der Waals surface area contributed by atoms with E-state index in [1.165, 1.54) is 46.1 Å². The average Bonchev–Trinajstić information content (AvgIpc) is 3.56. The Kier molecular flexibility index (Phi) is 3.90. The van der Waals surface area contributed by atoms with Gasteiger partial charge < -0.3 is 14.1 Å². The van der Waals surface area contributed by atoms with Gasteiger partial charge in [-0.25, -0.2) is 0 Å². The van der Waals surface area contributed by atoms with E-state index in [0.29, 0.717) is 5.46 Å². The molecule has 1 spiro atoms. The third-order valence-electron chi connectivity index (χ3n) is 8.13. The summed E-state index contributed by atoms with van der Waals surface area (Å²) in [4.78, 5) is 0. The number of hydrogen-bond acceptors (Lipinski definition) is 3. The Bertz CT molecular complexity index is 1820. The zero-order valence-corrected chi connectivity index (χ0v) is 19.7. The molecule has 0 fully saturated rings. The Labute approximate surface area is 208 Å². The fourth-order valence-electron chi connectivity index (χ4n) is 6.72. The molecule has 0 amide bonds. The van der Waals surface area contributed by atoms with Crippen molar-refractivity contribution in [1.29, 1.82) is 0 Å². The van der Waals surface area contributed by atoms with E-state index in [9.17, 15) is 5.02 Å². The van der Waals surface area contributed by atoms with Gasteiger partial charge in [-0.15, -0.1) is 0 Å². The van der Waals surface area contributed by atoms with Crippen LogP contribution in [0.4, 0.5) is 0 Å². The maximum absolute atomic E-state index is 10.3. The summed E-state index contributed by atoms with van der Waals surface area (Å²) in [5, 5.41) is 12.3. The molecule has 6 aromatic rings. The van der Waals surface area contributed by atoms with Crippen LogP contribution in [0.2, 0.25) is 0 Å². The number of furan rings is 1. The molecular formula is C32H21BO3. The van der Waals surface area contributed by atoms with Gasteiger partial charge in [0.25, 0.3) is 0 Å². The highest BCUT2D eigenvalue weighted by Gasteiger charge is 2.52. The molecule has 0 unspecified atom stereocenters. The SMILES string of the molecule is COB(O)c1ccc2oc3c4c(ccc3c2c1)C1(c2ccccc2-c2ccccc21)c1ccccc1-4. The summed E-state index contributed by atoms with van der Waals surface area (Å²) in [6.45, 7) is 0. The van der Waals surface area contributed by atoms with Crippen LogP contribution in [0, 0.1) is 0 Å². The molecule has 5 aromatic carbocycles. The minimum absolute atomic E-state index is 0.385. The first-order valence-corrected chi connectivity index (χ1v) is 12.2. The summed E-state index contributed by atoms with van der Waals surface area (Å²) < 4.78 is 11.7. The van der Waals surface area contributed by atoms with Crippen LogP contribution in [-0.4, -0.2) is 19.3 Å². The largest absolute Gasteiger partial charge is 0.490 e. The van der Waals surface area contributed by atoms with Crippen LogP contribution in [0.3, 0.4) is 0 Å². The highest BCUT2D eigenvalue weighted by molar-refractivity contribution is 6.60. The van der Waals surface area contributed by atoms with Crippen molar-refractivity contribution in [2.45, 2.75) is 5.41 Å². The predicted octanol–water partition coefficient (Wildman–Crippen LogP) is 6.26. The lowest BCUT2D eigenvalue weighted by Crippen LogP contribution is -2.31. The molecule has 0 radical (unpaired) electrons. The Morgan fingerprint density at radius 2 is 1.28 bits per heavy atom. The Hall–Kier alpha value is -4.12. The molecule has 0 aliphatic heterocycles. The van der Waals surface area contributed by atoms with E-state index in [1.807, 2.05) is 18.2 Å².